The van der Waals surface area contributed by atoms with Gasteiger partial charge in [0.1, 0.15) is 0 Å². The van der Waals surface area contributed by atoms with Gasteiger partial charge in [0, 0.05) is 25.7 Å². The van der Waals surface area contributed by atoms with Gasteiger partial charge in [-0.15, -0.1) is 0 Å². The molecule has 2 N–H and O–H groups in total. The van der Waals surface area contributed by atoms with E-state index < -0.39 is 0 Å². The number of ether oxygens (including phenoxy) is 1. The highest BCUT2D eigenvalue weighted by molar-refractivity contribution is 5.26. The summed E-state index contributed by atoms with van der Waals surface area (Å²) in [5, 5.41) is 0. The molecule has 0 amide bonds. The molecule has 0 spiro atoms. The molecule has 0 aromatic heterocycles. The van der Waals surface area contributed by atoms with E-state index in [1.807, 2.05) is 0 Å². The van der Waals surface area contributed by atoms with Gasteiger partial charge in [-0.3, -0.25) is 4.90 Å². The van der Waals surface area contributed by atoms with Crippen molar-refractivity contribution in [3.63, 3.8) is 0 Å². The van der Waals surface area contributed by atoms with Crippen LogP contribution in [0, 0.1) is 0 Å². The highest BCUT2D eigenvalue weighted by Crippen LogP contribution is 2.29. The third kappa shape index (κ3) is 3.81. The molecule has 0 aliphatic carbocycles. The number of methoxy groups -OCH3 is 1. The van der Waals surface area contributed by atoms with Gasteiger partial charge in [-0.25, -0.2) is 0 Å². The van der Waals surface area contributed by atoms with Crippen LogP contribution in [0.1, 0.15) is 43.4 Å². The fourth-order valence-electron chi connectivity index (χ4n) is 3.13. The summed E-state index contributed by atoms with van der Waals surface area (Å²) in [6.07, 6.45) is 4.67. The fraction of sp³-hybridized carbons (Fsp3) is 0.647. The van der Waals surface area contributed by atoms with E-state index in [0.29, 0.717) is 6.04 Å². The van der Waals surface area contributed by atoms with Crippen molar-refractivity contribution in [2.24, 2.45) is 5.73 Å². The summed E-state index contributed by atoms with van der Waals surface area (Å²) >= 11 is 0. The van der Waals surface area contributed by atoms with E-state index in [4.69, 9.17) is 10.5 Å². The molecule has 1 fully saturated rings. The number of rotatable bonds is 5. The fourth-order valence-corrected chi connectivity index (χ4v) is 3.13. The first-order valence-electron chi connectivity index (χ1n) is 7.83. The van der Waals surface area contributed by atoms with Gasteiger partial charge >= 0.3 is 0 Å². The molecule has 1 heterocycles. The normalized spacial score (nSPS) is 24.6. The average Bonchev–Trinajstić information content (AvgIpc) is 2.67. The van der Waals surface area contributed by atoms with E-state index in [9.17, 15) is 0 Å². The zero-order chi connectivity index (χ0) is 14.4. The topological polar surface area (TPSA) is 38.5 Å². The quantitative estimate of drug-likeness (QED) is 0.898. The van der Waals surface area contributed by atoms with Crippen LogP contribution in [-0.2, 0) is 11.2 Å². The first-order valence-corrected chi connectivity index (χ1v) is 7.83. The van der Waals surface area contributed by atoms with Gasteiger partial charge < -0.3 is 10.5 Å². The van der Waals surface area contributed by atoms with E-state index in [1.165, 1.54) is 24.0 Å². The van der Waals surface area contributed by atoms with Crippen molar-refractivity contribution < 1.29 is 4.74 Å². The maximum absolute atomic E-state index is 6.46. The lowest BCUT2D eigenvalue weighted by Gasteiger charge is -2.33. The zero-order valence-electron chi connectivity index (χ0n) is 12.8. The van der Waals surface area contributed by atoms with Crippen molar-refractivity contribution in [1.82, 2.24) is 4.90 Å². The smallest absolute Gasteiger partial charge is 0.0589 e. The minimum atomic E-state index is 0.224. The molecular formula is C17H28N2O. The Hall–Kier alpha value is -0.900. The second-order valence-electron chi connectivity index (χ2n) is 5.73. The summed E-state index contributed by atoms with van der Waals surface area (Å²) in [4.78, 5) is 2.50. The molecule has 0 bridgehead atoms. The molecule has 2 atom stereocenters. The number of likely N-dealkylation sites (tertiary alicyclic amines) is 1. The molecule has 1 aromatic rings. The lowest BCUT2D eigenvalue weighted by Crippen LogP contribution is -2.41. The predicted molar refractivity (Wildman–Crippen MR) is 83.8 cm³/mol. The van der Waals surface area contributed by atoms with E-state index in [-0.39, 0.29) is 6.04 Å². The molecule has 1 aliphatic heterocycles. The highest BCUT2D eigenvalue weighted by atomic mass is 16.5. The number of hydrogen-bond donors (Lipinski definition) is 1. The number of aryl methyl sites for hydroxylation is 1. The standard InChI is InChI=1S/C17H28N2O/c1-3-14-7-9-15(10-8-14)17-16(18)6-4-5-11-19(17)12-13-20-2/h7-10,16-17H,3-6,11-13,18H2,1-2H3. The van der Waals surface area contributed by atoms with Crippen LogP contribution in [0.2, 0.25) is 0 Å². The van der Waals surface area contributed by atoms with Gasteiger partial charge in [-0.05, 0) is 36.9 Å². The first kappa shape index (κ1) is 15.5. The molecule has 0 radical (unpaired) electrons. The van der Waals surface area contributed by atoms with Crippen molar-refractivity contribution >= 4 is 0 Å². The summed E-state index contributed by atoms with van der Waals surface area (Å²) in [7, 11) is 1.77. The van der Waals surface area contributed by atoms with Crippen molar-refractivity contribution in [2.45, 2.75) is 44.7 Å². The Kier molecular flexibility index (Phi) is 6.02. The molecule has 112 valence electrons. The van der Waals surface area contributed by atoms with Crippen molar-refractivity contribution in [1.29, 1.82) is 0 Å². The molecule has 3 heteroatoms. The number of benzene rings is 1. The van der Waals surface area contributed by atoms with Crippen LogP contribution < -0.4 is 5.73 Å². The SMILES string of the molecule is CCc1ccc(C2C(N)CCCCN2CCOC)cc1. The minimum Gasteiger partial charge on any atom is -0.383 e. The third-order valence-electron chi connectivity index (χ3n) is 4.34. The van der Waals surface area contributed by atoms with Crippen LogP contribution in [0.15, 0.2) is 24.3 Å². The summed E-state index contributed by atoms with van der Waals surface area (Å²) < 4.78 is 5.26. The summed E-state index contributed by atoms with van der Waals surface area (Å²) in [6.45, 7) is 5.05. The Bertz CT molecular complexity index is 390. The predicted octanol–water partition coefficient (Wildman–Crippen LogP) is 2.75. The van der Waals surface area contributed by atoms with Crippen LogP contribution in [-0.4, -0.2) is 37.7 Å². The largest absolute Gasteiger partial charge is 0.383 e. The maximum atomic E-state index is 6.46. The second-order valence-corrected chi connectivity index (χ2v) is 5.73. The van der Waals surface area contributed by atoms with Crippen LogP contribution >= 0.6 is 0 Å². The summed E-state index contributed by atoms with van der Waals surface area (Å²) in [5.74, 6) is 0. The van der Waals surface area contributed by atoms with E-state index in [2.05, 4.69) is 36.1 Å². The lowest BCUT2D eigenvalue weighted by atomic mass is 9.95. The molecule has 1 aliphatic rings. The monoisotopic (exact) mass is 276 g/mol. The van der Waals surface area contributed by atoms with Gasteiger partial charge in [0.2, 0.25) is 0 Å². The molecule has 2 rings (SSSR count). The molecule has 20 heavy (non-hydrogen) atoms. The van der Waals surface area contributed by atoms with E-state index in [1.54, 1.807) is 7.11 Å². The number of nitrogens with two attached hydrogens (primary N) is 1. The summed E-state index contributed by atoms with van der Waals surface area (Å²) in [5.41, 5.74) is 9.20. The van der Waals surface area contributed by atoms with Gasteiger partial charge in [0.05, 0.1) is 6.61 Å². The average molecular weight is 276 g/mol. The van der Waals surface area contributed by atoms with Gasteiger partial charge in [0.15, 0.2) is 0 Å². The summed E-state index contributed by atoms with van der Waals surface area (Å²) in [6, 6.07) is 9.55. The third-order valence-corrected chi connectivity index (χ3v) is 4.34. The first-order chi connectivity index (χ1) is 9.76. The molecule has 2 unspecified atom stereocenters. The zero-order valence-corrected chi connectivity index (χ0v) is 12.8. The van der Waals surface area contributed by atoms with Gasteiger partial charge in [0.25, 0.3) is 0 Å². The van der Waals surface area contributed by atoms with E-state index >= 15 is 0 Å². The Morgan fingerprint density at radius 2 is 2.00 bits per heavy atom. The second kappa shape index (κ2) is 7.77. The van der Waals surface area contributed by atoms with Crippen LogP contribution in [0.5, 0.6) is 0 Å². The molecule has 0 saturated carbocycles. The van der Waals surface area contributed by atoms with Crippen LogP contribution in [0.4, 0.5) is 0 Å². The lowest BCUT2D eigenvalue weighted by molar-refractivity contribution is 0.115. The maximum Gasteiger partial charge on any atom is 0.0589 e. The molecule has 1 aromatic carbocycles. The van der Waals surface area contributed by atoms with Crippen LogP contribution in [0.3, 0.4) is 0 Å². The minimum absolute atomic E-state index is 0.224. The Balaban J connectivity index is 2.19. The number of hydrogen-bond acceptors (Lipinski definition) is 3. The van der Waals surface area contributed by atoms with E-state index in [0.717, 1.165) is 32.5 Å². The highest BCUT2D eigenvalue weighted by Gasteiger charge is 2.28. The van der Waals surface area contributed by atoms with Gasteiger partial charge in [-0.1, -0.05) is 37.6 Å². The van der Waals surface area contributed by atoms with Crippen molar-refractivity contribution in [2.75, 3.05) is 26.8 Å². The molecular weight excluding hydrogens is 248 g/mol. The molecule has 1 saturated heterocycles. The Labute approximate surface area is 123 Å². The number of nitrogens with zero attached hydrogens (tertiary/aromatic N) is 1. The van der Waals surface area contributed by atoms with Crippen molar-refractivity contribution in [3.8, 4) is 0 Å². The van der Waals surface area contributed by atoms with Crippen molar-refractivity contribution in [3.05, 3.63) is 35.4 Å². The Morgan fingerprint density at radius 3 is 2.65 bits per heavy atom. The van der Waals surface area contributed by atoms with Gasteiger partial charge in [-0.2, -0.15) is 0 Å². The molecule has 3 nitrogen and oxygen atoms in total. The van der Waals surface area contributed by atoms with Crippen LogP contribution in [0.25, 0.3) is 0 Å². The Morgan fingerprint density at radius 1 is 1.25 bits per heavy atom.